The van der Waals surface area contributed by atoms with E-state index < -0.39 is 5.97 Å². The number of ether oxygens (including phenoxy) is 1. The van der Waals surface area contributed by atoms with Gasteiger partial charge in [-0.15, -0.1) is 0 Å². The Bertz CT molecular complexity index is 1070. The van der Waals surface area contributed by atoms with Crippen molar-refractivity contribution in [2.24, 2.45) is 0 Å². The zero-order valence-electron chi connectivity index (χ0n) is 14.6. The summed E-state index contributed by atoms with van der Waals surface area (Å²) in [5, 5.41) is 9.27. The number of aromatic nitrogens is 2. The molecule has 0 bridgehead atoms. The molecule has 0 unspecified atom stereocenters. The summed E-state index contributed by atoms with van der Waals surface area (Å²) >= 11 is 0. The molecule has 0 saturated carbocycles. The molecular weight excluding hydrogens is 340 g/mol. The SMILES string of the molecule is O=C(O)Cn1c(-c2ccc(OCc3ccccc3)cc2)nc2ccccc21. The van der Waals surface area contributed by atoms with Crippen LogP contribution in [-0.2, 0) is 17.9 Å². The Morgan fingerprint density at radius 1 is 0.926 bits per heavy atom. The third kappa shape index (κ3) is 3.67. The number of aliphatic carboxylic acids is 1. The van der Waals surface area contributed by atoms with Crippen LogP contribution in [0.3, 0.4) is 0 Å². The van der Waals surface area contributed by atoms with Gasteiger partial charge < -0.3 is 14.4 Å². The number of fused-ring (bicyclic) bond motifs is 1. The first-order valence-electron chi connectivity index (χ1n) is 8.65. The number of hydrogen-bond acceptors (Lipinski definition) is 3. The minimum Gasteiger partial charge on any atom is -0.489 e. The van der Waals surface area contributed by atoms with Crippen molar-refractivity contribution < 1.29 is 14.6 Å². The second-order valence-corrected chi connectivity index (χ2v) is 6.20. The summed E-state index contributed by atoms with van der Waals surface area (Å²) < 4.78 is 7.54. The van der Waals surface area contributed by atoms with Crippen LogP contribution in [0.25, 0.3) is 22.4 Å². The van der Waals surface area contributed by atoms with Crippen LogP contribution in [0.1, 0.15) is 5.56 Å². The molecule has 27 heavy (non-hydrogen) atoms. The summed E-state index contributed by atoms with van der Waals surface area (Å²) in [5.41, 5.74) is 3.53. The summed E-state index contributed by atoms with van der Waals surface area (Å²) in [6.45, 7) is 0.361. The van der Waals surface area contributed by atoms with Crippen molar-refractivity contribution in [2.45, 2.75) is 13.2 Å². The maximum atomic E-state index is 11.3. The average molecular weight is 358 g/mol. The molecule has 5 nitrogen and oxygen atoms in total. The number of para-hydroxylation sites is 2. The van der Waals surface area contributed by atoms with Gasteiger partial charge in [-0.05, 0) is 42.0 Å². The number of carboxylic acid groups (broad SMARTS) is 1. The van der Waals surface area contributed by atoms with Gasteiger partial charge in [0.1, 0.15) is 24.7 Å². The van der Waals surface area contributed by atoms with Crippen LogP contribution in [0.4, 0.5) is 0 Å². The van der Waals surface area contributed by atoms with Crippen molar-refractivity contribution in [3.8, 4) is 17.1 Å². The normalized spacial score (nSPS) is 10.8. The highest BCUT2D eigenvalue weighted by Gasteiger charge is 2.14. The van der Waals surface area contributed by atoms with E-state index in [0.29, 0.717) is 12.4 Å². The molecule has 0 radical (unpaired) electrons. The summed E-state index contributed by atoms with van der Waals surface area (Å²) in [6.07, 6.45) is 0. The predicted octanol–water partition coefficient (Wildman–Crippen LogP) is 4.37. The lowest BCUT2D eigenvalue weighted by Crippen LogP contribution is -2.10. The fourth-order valence-electron chi connectivity index (χ4n) is 3.03. The number of carboxylic acids is 1. The summed E-state index contributed by atoms with van der Waals surface area (Å²) in [7, 11) is 0. The van der Waals surface area contributed by atoms with Crippen molar-refractivity contribution >= 4 is 17.0 Å². The highest BCUT2D eigenvalue weighted by Crippen LogP contribution is 2.26. The van der Waals surface area contributed by atoms with Gasteiger partial charge in [-0.25, -0.2) is 4.98 Å². The number of nitrogens with zero attached hydrogens (tertiary/aromatic N) is 2. The van der Waals surface area contributed by atoms with Crippen LogP contribution in [0.5, 0.6) is 5.75 Å². The summed E-state index contributed by atoms with van der Waals surface area (Å²) in [6, 6.07) is 25.1. The van der Waals surface area contributed by atoms with Gasteiger partial charge in [0.2, 0.25) is 0 Å². The van der Waals surface area contributed by atoms with Gasteiger partial charge in [-0.1, -0.05) is 42.5 Å². The van der Waals surface area contributed by atoms with Crippen molar-refractivity contribution in [3.05, 3.63) is 84.4 Å². The number of carbonyl (C=O) groups is 1. The van der Waals surface area contributed by atoms with Gasteiger partial charge in [0.05, 0.1) is 11.0 Å². The molecule has 0 spiro atoms. The van der Waals surface area contributed by atoms with E-state index in [-0.39, 0.29) is 6.54 Å². The predicted molar refractivity (Wildman–Crippen MR) is 104 cm³/mol. The fourth-order valence-corrected chi connectivity index (χ4v) is 3.03. The maximum absolute atomic E-state index is 11.3. The van der Waals surface area contributed by atoms with Crippen LogP contribution in [-0.4, -0.2) is 20.6 Å². The third-order valence-electron chi connectivity index (χ3n) is 4.31. The molecule has 134 valence electrons. The molecule has 0 saturated heterocycles. The molecule has 0 atom stereocenters. The Morgan fingerprint density at radius 3 is 2.37 bits per heavy atom. The Balaban J connectivity index is 1.61. The van der Waals surface area contributed by atoms with Crippen molar-refractivity contribution in [2.75, 3.05) is 0 Å². The van der Waals surface area contributed by atoms with Gasteiger partial charge in [-0.3, -0.25) is 4.79 Å². The molecule has 0 aliphatic rings. The largest absolute Gasteiger partial charge is 0.489 e. The van der Waals surface area contributed by atoms with E-state index >= 15 is 0 Å². The number of hydrogen-bond donors (Lipinski definition) is 1. The lowest BCUT2D eigenvalue weighted by atomic mass is 10.2. The molecule has 5 heteroatoms. The zero-order chi connectivity index (χ0) is 18.6. The minimum atomic E-state index is -0.901. The van der Waals surface area contributed by atoms with E-state index in [1.807, 2.05) is 78.9 Å². The molecule has 0 aliphatic carbocycles. The van der Waals surface area contributed by atoms with Gasteiger partial charge in [-0.2, -0.15) is 0 Å². The average Bonchev–Trinajstić information content (AvgIpc) is 3.06. The smallest absolute Gasteiger partial charge is 0.323 e. The van der Waals surface area contributed by atoms with E-state index in [2.05, 4.69) is 4.98 Å². The van der Waals surface area contributed by atoms with Crippen molar-refractivity contribution in [3.63, 3.8) is 0 Å². The Labute approximate surface area is 156 Å². The van der Waals surface area contributed by atoms with Crippen LogP contribution < -0.4 is 4.74 Å². The van der Waals surface area contributed by atoms with Gasteiger partial charge >= 0.3 is 5.97 Å². The Hall–Kier alpha value is -3.60. The second kappa shape index (κ2) is 7.33. The van der Waals surface area contributed by atoms with E-state index in [1.54, 1.807) is 4.57 Å². The lowest BCUT2D eigenvalue weighted by molar-refractivity contribution is -0.137. The molecule has 0 fully saturated rings. The van der Waals surface area contributed by atoms with E-state index in [9.17, 15) is 9.90 Å². The quantitative estimate of drug-likeness (QED) is 0.556. The summed E-state index contributed by atoms with van der Waals surface area (Å²) in [4.78, 5) is 15.9. The van der Waals surface area contributed by atoms with Crippen LogP contribution in [0, 0.1) is 0 Å². The first-order valence-corrected chi connectivity index (χ1v) is 8.65. The van der Waals surface area contributed by atoms with Crippen molar-refractivity contribution in [1.82, 2.24) is 9.55 Å². The molecule has 3 aromatic carbocycles. The fraction of sp³-hybridized carbons (Fsp3) is 0.0909. The van der Waals surface area contributed by atoms with Crippen LogP contribution in [0.15, 0.2) is 78.9 Å². The first-order chi connectivity index (χ1) is 13.2. The highest BCUT2D eigenvalue weighted by atomic mass is 16.5. The van der Waals surface area contributed by atoms with Crippen molar-refractivity contribution in [1.29, 1.82) is 0 Å². The molecule has 0 aliphatic heterocycles. The van der Waals surface area contributed by atoms with E-state index in [0.717, 1.165) is 27.9 Å². The van der Waals surface area contributed by atoms with Gasteiger partial charge in [0.15, 0.2) is 0 Å². The molecule has 1 N–H and O–H groups in total. The molecular formula is C22H18N2O3. The monoisotopic (exact) mass is 358 g/mol. The van der Waals surface area contributed by atoms with Gasteiger partial charge in [0, 0.05) is 5.56 Å². The van der Waals surface area contributed by atoms with E-state index in [4.69, 9.17) is 4.74 Å². The zero-order valence-corrected chi connectivity index (χ0v) is 14.6. The topological polar surface area (TPSA) is 64.3 Å². The molecule has 0 amide bonds. The van der Waals surface area contributed by atoms with Crippen LogP contribution >= 0.6 is 0 Å². The first kappa shape index (κ1) is 16.8. The van der Waals surface area contributed by atoms with Crippen LogP contribution in [0.2, 0.25) is 0 Å². The molecule has 1 aromatic heterocycles. The number of benzene rings is 3. The molecule has 1 heterocycles. The number of imidazole rings is 1. The van der Waals surface area contributed by atoms with Gasteiger partial charge in [0.25, 0.3) is 0 Å². The second-order valence-electron chi connectivity index (χ2n) is 6.20. The Kier molecular flexibility index (Phi) is 4.58. The third-order valence-corrected chi connectivity index (χ3v) is 4.31. The standard InChI is InChI=1S/C22H18N2O3/c25-21(26)14-24-20-9-5-4-8-19(20)23-22(24)17-10-12-18(13-11-17)27-15-16-6-2-1-3-7-16/h1-13H,14-15H2,(H,25,26). The van der Waals surface area contributed by atoms with E-state index in [1.165, 1.54) is 0 Å². The maximum Gasteiger partial charge on any atom is 0.323 e. The summed E-state index contributed by atoms with van der Waals surface area (Å²) in [5.74, 6) is 0.485. The minimum absolute atomic E-state index is 0.137. The Morgan fingerprint density at radius 2 is 1.63 bits per heavy atom. The molecule has 4 rings (SSSR count). The number of rotatable bonds is 6. The molecule has 4 aromatic rings. The lowest BCUT2D eigenvalue weighted by Gasteiger charge is -2.09. The highest BCUT2D eigenvalue weighted by molar-refractivity contribution is 5.82.